The zero-order chi connectivity index (χ0) is 12.1. The lowest BCUT2D eigenvalue weighted by atomic mass is 10.2. The third-order valence-corrected chi connectivity index (χ3v) is 1.97. The van der Waals surface area contributed by atoms with Crippen molar-refractivity contribution in [3.05, 3.63) is 47.9 Å². The fourth-order valence-corrected chi connectivity index (χ4v) is 1.19. The Morgan fingerprint density at radius 1 is 0.941 bits per heavy atom. The number of hydrogen-bond acceptors (Lipinski definition) is 5. The molecular formula is C12H6N4O. The van der Waals surface area contributed by atoms with E-state index < -0.39 is 0 Å². The van der Waals surface area contributed by atoms with Crippen LogP contribution in [-0.2, 0) is 0 Å². The second kappa shape index (κ2) is 4.73. The highest BCUT2D eigenvalue weighted by Crippen LogP contribution is 2.21. The van der Waals surface area contributed by atoms with Gasteiger partial charge in [0.2, 0.25) is 5.69 Å². The van der Waals surface area contributed by atoms with E-state index in [4.69, 9.17) is 15.3 Å². The van der Waals surface area contributed by atoms with Gasteiger partial charge in [-0.25, -0.2) is 9.97 Å². The largest absolute Gasteiger partial charge is 0.436 e. The molecule has 0 aliphatic rings. The van der Waals surface area contributed by atoms with E-state index in [1.165, 1.54) is 12.4 Å². The number of ether oxygens (including phenoxy) is 1. The van der Waals surface area contributed by atoms with Crippen LogP contribution in [0.25, 0.3) is 0 Å². The summed E-state index contributed by atoms with van der Waals surface area (Å²) in [4.78, 5) is 7.74. The summed E-state index contributed by atoms with van der Waals surface area (Å²) in [6.45, 7) is 0. The molecule has 1 aromatic heterocycles. The minimum absolute atomic E-state index is 0.122. The minimum Gasteiger partial charge on any atom is -0.436 e. The average molecular weight is 222 g/mol. The van der Waals surface area contributed by atoms with Crippen molar-refractivity contribution in [3.8, 4) is 23.8 Å². The number of nitrogens with zero attached hydrogens (tertiary/aromatic N) is 4. The second-order valence-electron chi connectivity index (χ2n) is 3.06. The molecule has 0 fully saturated rings. The Balaban J connectivity index is 2.26. The molecule has 0 radical (unpaired) electrons. The lowest BCUT2D eigenvalue weighted by Gasteiger charge is -2.04. The molecule has 2 aromatic rings. The van der Waals surface area contributed by atoms with E-state index >= 15 is 0 Å². The summed E-state index contributed by atoms with van der Waals surface area (Å²) in [6, 6.07) is 10.4. The fraction of sp³-hybridized carbons (Fsp3) is 0. The number of aromatic nitrogens is 2. The highest BCUT2D eigenvalue weighted by Gasteiger charge is 2.06. The van der Waals surface area contributed by atoms with Gasteiger partial charge in [0, 0.05) is 12.4 Å². The molecule has 80 valence electrons. The Morgan fingerprint density at radius 3 is 2.29 bits per heavy atom. The van der Waals surface area contributed by atoms with E-state index in [2.05, 4.69) is 9.97 Å². The first kappa shape index (κ1) is 10.6. The Hall–Kier alpha value is -2.92. The summed E-state index contributed by atoms with van der Waals surface area (Å²) in [5.74, 6) is 0.653. The zero-order valence-electron chi connectivity index (χ0n) is 8.66. The maximum atomic E-state index is 8.80. The van der Waals surface area contributed by atoms with Gasteiger partial charge in [-0.1, -0.05) is 0 Å². The Labute approximate surface area is 97.6 Å². The molecule has 0 unspecified atom stereocenters. The van der Waals surface area contributed by atoms with Gasteiger partial charge in [-0.15, -0.1) is 0 Å². The van der Waals surface area contributed by atoms with Crippen LogP contribution in [0, 0.1) is 22.7 Å². The van der Waals surface area contributed by atoms with Crippen LogP contribution in [0.1, 0.15) is 11.3 Å². The topological polar surface area (TPSA) is 82.6 Å². The van der Waals surface area contributed by atoms with Crippen molar-refractivity contribution in [1.82, 2.24) is 9.97 Å². The van der Waals surface area contributed by atoms with E-state index in [1.54, 1.807) is 24.3 Å². The molecule has 2 rings (SSSR count). The highest BCUT2D eigenvalue weighted by molar-refractivity contribution is 5.38. The van der Waals surface area contributed by atoms with Crippen molar-refractivity contribution in [3.63, 3.8) is 0 Å². The average Bonchev–Trinajstić information content (AvgIpc) is 2.40. The molecule has 5 nitrogen and oxygen atoms in total. The number of nitriles is 2. The van der Waals surface area contributed by atoms with E-state index in [0.29, 0.717) is 11.3 Å². The Kier molecular flexibility index (Phi) is 2.95. The first-order chi connectivity index (χ1) is 8.33. The predicted octanol–water partition coefficient (Wildman–Crippen LogP) is 2.01. The van der Waals surface area contributed by atoms with Crippen LogP contribution in [0.3, 0.4) is 0 Å². The van der Waals surface area contributed by atoms with Crippen LogP contribution in [0.15, 0.2) is 36.7 Å². The summed E-state index contributed by atoms with van der Waals surface area (Å²) in [7, 11) is 0. The van der Waals surface area contributed by atoms with Crippen molar-refractivity contribution in [2.24, 2.45) is 0 Å². The van der Waals surface area contributed by atoms with E-state index in [0.717, 1.165) is 0 Å². The molecule has 0 N–H and O–H groups in total. The monoisotopic (exact) mass is 222 g/mol. The molecule has 0 aliphatic heterocycles. The van der Waals surface area contributed by atoms with E-state index in [-0.39, 0.29) is 11.6 Å². The standard InChI is InChI=1S/C12H6N4O/c13-7-9-1-3-10(4-2-9)17-12-11(8-14)15-5-6-16-12/h1-6H. The van der Waals surface area contributed by atoms with Crippen LogP contribution in [0.5, 0.6) is 11.6 Å². The number of rotatable bonds is 2. The molecule has 5 heteroatoms. The molecule has 0 spiro atoms. The van der Waals surface area contributed by atoms with Crippen molar-refractivity contribution in [2.45, 2.75) is 0 Å². The first-order valence-corrected chi connectivity index (χ1v) is 4.72. The van der Waals surface area contributed by atoms with Gasteiger partial charge in [0.15, 0.2) is 0 Å². The molecule has 17 heavy (non-hydrogen) atoms. The lowest BCUT2D eigenvalue weighted by molar-refractivity contribution is 0.458. The van der Waals surface area contributed by atoms with Crippen molar-refractivity contribution >= 4 is 0 Å². The van der Waals surface area contributed by atoms with Gasteiger partial charge >= 0.3 is 0 Å². The van der Waals surface area contributed by atoms with Gasteiger partial charge in [0.25, 0.3) is 5.88 Å². The zero-order valence-corrected chi connectivity index (χ0v) is 8.66. The van der Waals surface area contributed by atoms with Crippen molar-refractivity contribution < 1.29 is 4.74 Å². The highest BCUT2D eigenvalue weighted by atomic mass is 16.5. The molecule has 1 heterocycles. The van der Waals surface area contributed by atoms with E-state index in [1.807, 2.05) is 12.1 Å². The van der Waals surface area contributed by atoms with Crippen LogP contribution >= 0.6 is 0 Å². The van der Waals surface area contributed by atoms with Crippen LogP contribution in [0.4, 0.5) is 0 Å². The summed E-state index contributed by atoms with van der Waals surface area (Å²) in [5, 5.41) is 17.4. The Morgan fingerprint density at radius 2 is 1.65 bits per heavy atom. The predicted molar refractivity (Wildman–Crippen MR) is 58.0 cm³/mol. The quantitative estimate of drug-likeness (QED) is 0.776. The first-order valence-electron chi connectivity index (χ1n) is 4.72. The fourth-order valence-electron chi connectivity index (χ4n) is 1.19. The van der Waals surface area contributed by atoms with Gasteiger partial charge in [-0.05, 0) is 24.3 Å². The molecule has 0 bridgehead atoms. The Bertz CT molecular complexity index is 608. The van der Waals surface area contributed by atoms with Crippen molar-refractivity contribution in [1.29, 1.82) is 10.5 Å². The normalized spacial score (nSPS) is 9.06. The number of benzene rings is 1. The SMILES string of the molecule is N#Cc1ccc(Oc2nccnc2C#N)cc1. The molecule has 0 saturated carbocycles. The molecule has 0 amide bonds. The van der Waals surface area contributed by atoms with Gasteiger partial charge in [-0.3, -0.25) is 0 Å². The summed E-state index contributed by atoms with van der Waals surface area (Å²) >= 11 is 0. The molecular weight excluding hydrogens is 216 g/mol. The summed E-state index contributed by atoms with van der Waals surface area (Å²) in [6.07, 6.45) is 2.87. The van der Waals surface area contributed by atoms with Gasteiger partial charge < -0.3 is 4.74 Å². The van der Waals surface area contributed by atoms with Crippen LogP contribution in [0.2, 0.25) is 0 Å². The third-order valence-electron chi connectivity index (χ3n) is 1.97. The molecule has 0 aliphatic carbocycles. The van der Waals surface area contributed by atoms with Gasteiger partial charge in [0.05, 0.1) is 11.6 Å². The van der Waals surface area contributed by atoms with Gasteiger partial charge in [-0.2, -0.15) is 10.5 Å². The summed E-state index contributed by atoms with van der Waals surface area (Å²) in [5.41, 5.74) is 0.661. The summed E-state index contributed by atoms with van der Waals surface area (Å²) < 4.78 is 5.39. The van der Waals surface area contributed by atoms with Crippen LogP contribution in [-0.4, -0.2) is 9.97 Å². The minimum atomic E-state index is 0.122. The maximum Gasteiger partial charge on any atom is 0.256 e. The lowest BCUT2D eigenvalue weighted by Crippen LogP contribution is -1.93. The maximum absolute atomic E-state index is 8.80. The number of hydrogen-bond donors (Lipinski definition) is 0. The third kappa shape index (κ3) is 2.36. The second-order valence-corrected chi connectivity index (χ2v) is 3.06. The molecule has 0 saturated heterocycles. The molecule has 1 aromatic carbocycles. The van der Waals surface area contributed by atoms with Crippen molar-refractivity contribution in [2.75, 3.05) is 0 Å². The smallest absolute Gasteiger partial charge is 0.256 e. The van der Waals surface area contributed by atoms with E-state index in [9.17, 15) is 0 Å². The van der Waals surface area contributed by atoms with Gasteiger partial charge in [0.1, 0.15) is 11.8 Å². The van der Waals surface area contributed by atoms with Crippen LogP contribution < -0.4 is 4.74 Å². The molecule has 0 atom stereocenters.